The first-order valence-corrected chi connectivity index (χ1v) is 10.5. The Morgan fingerprint density at radius 1 is 1.23 bits per heavy atom. The maximum atomic E-state index is 12.9. The zero-order valence-corrected chi connectivity index (χ0v) is 18.0. The van der Waals surface area contributed by atoms with Crippen molar-refractivity contribution in [2.75, 3.05) is 45.7 Å². The number of hydrogen-bond donors (Lipinski definition) is 1. The second-order valence-corrected chi connectivity index (χ2v) is 7.80. The largest absolute Gasteiger partial charge is 0.497 e. The predicted octanol–water partition coefficient (Wildman–Crippen LogP) is 2.51. The smallest absolute Gasteiger partial charge is 0.258 e. The highest BCUT2D eigenvalue weighted by Gasteiger charge is 2.27. The monoisotopic (exact) mass is 428 g/mol. The first-order valence-electron chi connectivity index (χ1n) is 9.71. The van der Waals surface area contributed by atoms with Crippen molar-refractivity contribution >= 4 is 22.4 Å². The van der Waals surface area contributed by atoms with Crippen LogP contribution in [0.3, 0.4) is 0 Å². The molecule has 10 heteroatoms. The molecule has 1 aliphatic heterocycles. The van der Waals surface area contributed by atoms with E-state index < -0.39 is 0 Å². The number of methoxy groups -OCH3 is 1. The summed E-state index contributed by atoms with van der Waals surface area (Å²) in [5.74, 6) is 1.94. The summed E-state index contributed by atoms with van der Waals surface area (Å²) in [6.45, 7) is 5.23. The summed E-state index contributed by atoms with van der Waals surface area (Å²) < 4.78 is 14.9. The standard InChI is InChI=1S/C20H24N6O3S/c1-13-17(19(21-2)30-24-13)20(27)26-10-8-25(9-11-26)12-16-22-18(23-29-16)14-4-6-15(28-3)7-5-14/h4-7,21H,8-12H2,1-3H3. The van der Waals surface area contributed by atoms with Crippen molar-refractivity contribution in [3.63, 3.8) is 0 Å². The molecule has 0 spiro atoms. The minimum Gasteiger partial charge on any atom is -0.497 e. The van der Waals surface area contributed by atoms with Crippen LogP contribution in [0.4, 0.5) is 5.00 Å². The van der Waals surface area contributed by atoms with Crippen LogP contribution in [0.2, 0.25) is 0 Å². The molecule has 0 aliphatic carbocycles. The summed E-state index contributed by atoms with van der Waals surface area (Å²) in [5, 5.41) is 7.96. The number of nitrogens with zero attached hydrogens (tertiary/aromatic N) is 5. The van der Waals surface area contributed by atoms with Gasteiger partial charge in [0.2, 0.25) is 11.7 Å². The van der Waals surface area contributed by atoms with Crippen molar-refractivity contribution in [2.24, 2.45) is 0 Å². The minimum absolute atomic E-state index is 0.0323. The first kappa shape index (κ1) is 20.3. The van der Waals surface area contributed by atoms with Crippen LogP contribution >= 0.6 is 11.5 Å². The molecule has 1 aromatic carbocycles. The molecule has 3 aromatic rings. The number of piperazine rings is 1. The Morgan fingerprint density at radius 2 is 1.97 bits per heavy atom. The third-order valence-electron chi connectivity index (χ3n) is 5.14. The van der Waals surface area contributed by atoms with Crippen molar-refractivity contribution in [1.82, 2.24) is 24.3 Å². The lowest BCUT2D eigenvalue weighted by molar-refractivity contribution is 0.0615. The summed E-state index contributed by atoms with van der Waals surface area (Å²) in [5.41, 5.74) is 2.33. The molecule has 1 N–H and O–H groups in total. The van der Waals surface area contributed by atoms with E-state index in [-0.39, 0.29) is 5.91 Å². The number of nitrogens with one attached hydrogen (secondary N) is 1. The molecular formula is C20H24N6O3S. The van der Waals surface area contributed by atoms with Gasteiger partial charge in [-0.15, -0.1) is 0 Å². The third-order valence-corrected chi connectivity index (χ3v) is 6.09. The highest BCUT2D eigenvalue weighted by Crippen LogP contribution is 2.26. The zero-order chi connectivity index (χ0) is 21.1. The zero-order valence-electron chi connectivity index (χ0n) is 17.2. The van der Waals surface area contributed by atoms with Gasteiger partial charge in [0.25, 0.3) is 5.91 Å². The van der Waals surface area contributed by atoms with E-state index in [2.05, 4.69) is 24.7 Å². The van der Waals surface area contributed by atoms with Crippen molar-refractivity contribution in [3.8, 4) is 17.1 Å². The Labute approximate surface area is 178 Å². The van der Waals surface area contributed by atoms with E-state index in [4.69, 9.17) is 9.26 Å². The maximum absolute atomic E-state index is 12.9. The Balaban J connectivity index is 1.34. The molecule has 3 heterocycles. The number of anilines is 1. The fraction of sp³-hybridized carbons (Fsp3) is 0.400. The number of hydrogen-bond acceptors (Lipinski definition) is 9. The van der Waals surface area contributed by atoms with E-state index >= 15 is 0 Å². The van der Waals surface area contributed by atoms with Crippen LogP contribution in [0, 0.1) is 6.92 Å². The van der Waals surface area contributed by atoms with Crippen LogP contribution in [-0.2, 0) is 6.54 Å². The SMILES string of the molecule is CNc1snc(C)c1C(=O)N1CCN(Cc2nc(-c3ccc(OC)cc3)no2)CC1. The van der Waals surface area contributed by atoms with E-state index in [0.29, 0.717) is 36.9 Å². The summed E-state index contributed by atoms with van der Waals surface area (Å²) in [4.78, 5) is 21.5. The number of rotatable bonds is 6. The van der Waals surface area contributed by atoms with Gasteiger partial charge in [0, 0.05) is 38.8 Å². The lowest BCUT2D eigenvalue weighted by Crippen LogP contribution is -2.48. The van der Waals surface area contributed by atoms with Gasteiger partial charge in [-0.3, -0.25) is 9.69 Å². The van der Waals surface area contributed by atoms with Crippen LogP contribution in [0.1, 0.15) is 21.9 Å². The van der Waals surface area contributed by atoms with Crippen LogP contribution < -0.4 is 10.1 Å². The fourth-order valence-electron chi connectivity index (χ4n) is 3.43. The highest BCUT2D eigenvalue weighted by molar-refractivity contribution is 7.10. The predicted molar refractivity (Wildman–Crippen MR) is 114 cm³/mol. The van der Waals surface area contributed by atoms with E-state index in [1.54, 1.807) is 7.11 Å². The van der Waals surface area contributed by atoms with Crippen molar-refractivity contribution in [2.45, 2.75) is 13.5 Å². The van der Waals surface area contributed by atoms with Gasteiger partial charge >= 0.3 is 0 Å². The molecule has 1 amide bonds. The molecule has 30 heavy (non-hydrogen) atoms. The lowest BCUT2D eigenvalue weighted by Gasteiger charge is -2.34. The second kappa shape index (κ2) is 8.80. The van der Waals surface area contributed by atoms with Gasteiger partial charge in [0.15, 0.2) is 0 Å². The number of benzene rings is 1. The maximum Gasteiger partial charge on any atom is 0.258 e. The second-order valence-electron chi connectivity index (χ2n) is 7.03. The van der Waals surface area contributed by atoms with Gasteiger partial charge in [-0.1, -0.05) is 5.16 Å². The average Bonchev–Trinajstić information content (AvgIpc) is 3.40. The van der Waals surface area contributed by atoms with Gasteiger partial charge in [-0.25, -0.2) is 0 Å². The Bertz CT molecular complexity index is 1010. The van der Waals surface area contributed by atoms with Gasteiger partial charge in [0.1, 0.15) is 10.8 Å². The van der Waals surface area contributed by atoms with Gasteiger partial charge in [0.05, 0.1) is 24.9 Å². The van der Waals surface area contributed by atoms with Crippen molar-refractivity contribution < 1.29 is 14.1 Å². The van der Waals surface area contributed by atoms with E-state index in [1.165, 1.54) is 11.5 Å². The highest BCUT2D eigenvalue weighted by atomic mass is 32.1. The normalized spacial score (nSPS) is 14.7. The van der Waals surface area contributed by atoms with Crippen molar-refractivity contribution in [1.29, 1.82) is 0 Å². The molecule has 0 unspecified atom stereocenters. The summed E-state index contributed by atoms with van der Waals surface area (Å²) in [7, 11) is 3.44. The fourth-order valence-corrected chi connectivity index (χ4v) is 4.16. The Hall–Kier alpha value is -2.98. The van der Waals surface area contributed by atoms with Crippen LogP contribution in [-0.4, -0.2) is 70.6 Å². The minimum atomic E-state index is 0.0323. The lowest BCUT2D eigenvalue weighted by atomic mass is 10.2. The molecule has 9 nitrogen and oxygen atoms in total. The molecule has 1 aliphatic rings. The number of aromatic nitrogens is 3. The third kappa shape index (κ3) is 4.14. The van der Waals surface area contributed by atoms with Crippen LogP contribution in [0.25, 0.3) is 11.4 Å². The molecule has 2 aromatic heterocycles. The van der Waals surface area contributed by atoms with E-state index in [9.17, 15) is 4.79 Å². The Kier molecular flexibility index (Phi) is 5.96. The molecule has 0 radical (unpaired) electrons. The van der Waals surface area contributed by atoms with Crippen LogP contribution in [0.5, 0.6) is 5.75 Å². The molecular weight excluding hydrogens is 404 g/mol. The summed E-state index contributed by atoms with van der Waals surface area (Å²) in [6.07, 6.45) is 0. The van der Waals surface area contributed by atoms with Crippen molar-refractivity contribution in [3.05, 3.63) is 41.4 Å². The number of aryl methyl sites for hydroxylation is 1. The molecule has 4 rings (SSSR count). The number of carbonyl (C=O) groups is 1. The number of amides is 1. The van der Waals surface area contributed by atoms with Gasteiger partial charge < -0.3 is 19.5 Å². The molecule has 1 saturated heterocycles. The summed E-state index contributed by atoms with van der Waals surface area (Å²) >= 11 is 1.32. The topological polar surface area (TPSA) is 96.6 Å². The Morgan fingerprint density at radius 3 is 2.63 bits per heavy atom. The molecule has 0 bridgehead atoms. The van der Waals surface area contributed by atoms with E-state index in [0.717, 1.165) is 35.1 Å². The molecule has 0 atom stereocenters. The van der Waals surface area contributed by atoms with Crippen LogP contribution in [0.15, 0.2) is 28.8 Å². The van der Waals surface area contributed by atoms with Gasteiger partial charge in [-0.05, 0) is 42.7 Å². The van der Waals surface area contributed by atoms with E-state index in [1.807, 2.05) is 43.1 Å². The average molecular weight is 429 g/mol. The molecule has 0 saturated carbocycles. The first-order chi connectivity index (χ1) is 14.6. The number of ether oxygens (including phenoxy) is 1. The number of carbonyl (C=O) groups excluding carboxylic acids is 1. The molecule has 158 valence electrons. The molecule has 1 fully saturated rings. The van der Waals surface area contributed by atoms with Gasteiger partial charge in [-0.2, -0.15) is 9.36 Å². The summed E-state index contributed by atoms with van der Waals surface area (Å²) in [6, 6.07) is 7.54. The quantitative estimate of drug-likeness (QED) is 0.640.